The lowest BCUT2D eigenvalue weighted by Gasteiger charge is -2.13. The van der Waals surface area contributed by atoms with Gasteiger partial charge >= 0.3 is 6.18 Å². The van der Waals surface area contributed by atoms with E-state index in [1.807, 2.05) is 0 Å². The van der Waals surface area contributed by atoms with E-state index in [0.29, 0.717) is 0 Å². The molecular formula is C16H14BrF3N2O3. The summed E-state index contributed by atoms with van der Waals surface area (Å²) in [7, 11) is 1.64. The topological polar surface area (TPSA) is 71.3 Å². The van der Waals surface area contributed by atoms with Crippen LogP contribution in [-0.2, 0) is 24.4 Å². The molecule has 0 aliphatic rings. The Balaban J connectivity index is 2.13. The molecule has 1 heterocycles. The number of pyridine rings is 1. The zero-order valence-electron chi connectivity index (χ0n) is 13.0. The minimum atomic E-state index is -4.51. The summed E-state index contributed by atoms with van der Waals surface area (Å²) in [5.74, 6) is -0.882. The maximum absolute atomic E-state index is 12.7. The number of amides is 1. The zero-order chi connectivity index (χ0) is 18.8. The molecule has 0 aliphatic heterocycles. The molecule has 1 unspecified atom stereocenters. The molecule has 1 amide bonds. The summed E-state index contributed by atoms with van der Waals surface area (Å²) in [6.45, 7) is 0. The molecule has 2 aromatic rings. The maximum Gasteiger partial charge on any atom is 0.416 e. The number of hydrogen-bond acceptors (Lipinski definition) is 3. The normalized spacial score (nSPS) is 12.7. The highest BCUT2D eigenvalue weighted by Crippen LogP contribution is 2.29. The summed E-state index contributed by atoms with van der Waals surface area (Å²) in [4.78, 5) is 23.9. The largest absolute Gasteiger partial charge is 0.416 e. The van der Waals surface area contributed by atoms with Crippen LogP contribution in [0.25, 0.3) is 0 Å². The van der Waals surface area contributed by atoms with Crippen LogP contribution in [0.1, 0.15) is 11.1 Å². The predicted octanol–water partition coefficient (Wildman–Crippen LogP) is 2.71. The Hall–Kier alpha value is -2.13. The van der Waals surface area contributed by atoms with Crippen LogP contribution in [0.5, 0.6) is 0 Å². The molecule has 25 heavy (non-hydrogen) atoms. The van der Waals surface area contributed by atoms with Gasteiger partial charge in [-0.15, -0.1) is 0 Å². The van der Waals surface area contributed by atoms with Crippen molar-refractivity contribution in [3.8, 4) is 0 Å². The molecule has 9 heteroatoms. The molecular weight excluding hydrogens is 405 g/mol. The monoisotopic (exact) mass is 418 g/mol. The average Bonchev–Trinajstić information content (AvgIpc) is 2.51. The molecule has 0 saturated heterocycles. The minimum absolute atomic E-state index is 0.0510. The summed E-state index contributed by atoms with van der Waals surface area (Å²) in [5, 5.41) is 12.2. The van der Waals surface area contributed by atoms with Crippen molar-refractivity contribution < 1.29 is 23.1 Å². The van der Waals surface area contributed by atoms with Crippen molar-refractivity contribution in [2.45, 2.75) is 18.7 Å². The highest BCUT2D eigenvalue weighted by Gasteiger charge is 2.30. The average molecular weight is 419 g/mol. The molecule has 1 aromatic carbocycles. The van der Waals surface area contributed by atoms with Gasteiger partial charge in [-0.1, -0.05) is 18.2 Å². The number of nitrogens with zero attached hydrogens (tertiary/aromatic N) is 1. The molecule has 0 saturated carbocycles. The fourth-order valence-corrected chi connectivity index (χ4v) is 2.70. The van der Waals surface area contributed by atoms with Crippen LogP contribution in [-0.4, -0.2) is 21.7 Å². The molecule has 0 aliphatic carbocycles. The number of aromatic nitrogens is 1. The number of carbonyl (C=O) groups is 1. The molecule has 1 aromatic heterocycles. The van der Waals surface area contributed by atoms with E-state index >= 15 is 0 Å². The number of aryl methyl sites for hydroxylation is 1. The lowest BCUT2D eigenvalue weighted by atomic mass is 10.0. The van der Waals surface area contributed by atoms with Crippen molar-refractivity contribution in [2.75, 3.05) is 5.32 Å². The molecule has 134 valence electrons. The van der Waals surface area contributed by atoms with Crippen molar-refractivity contribution in [1.82, 2.24) is 4.57 Å². The van der Waals surface area contributed by atoms with E-state index in [-0.39, 0.29) is 22.1 Å². The number of halogens is 4. The van der Waals surface area contributed by atoms with E-state index in [4.69, 9.17) is 0 Å². The first-order valence-electron chi connectivity index (χ1n) is 7.09. The smallest absolute Gasteiger partial charge is 0.383 e. The van der Waals surface area contributed by atoms with Crippen LogP contribution in [0.4, 0.5) is 18.9 Å². The number of nitrogens with one attached hydrogen (secondary N) is 1. The van der Waals surface area contributed by atoms with Crippen LogP contribution in [0, 0.1) is 0 Å². The van der Waals surface area contributed by atoms with Crippen molar-refractivity contribution >= 4 is 27.5 Å². The second-order valence-corrected chi connectivity index (χ2v) is 6.28. The third-order valence-electron chi connectivity index (χ3n) is 3.36. The van der Waals surface area contributed by atoms with Gasteiger partial charge < -0.3 is 15.0 Å². The van der Waals surface area contributed by atoms with Gasteiger partial charge in [-0.3, -0.25) is 9.59 Å². The molecule has 2 N–H and O–H groups in total. The lowest BCUT2D eigenvalue weighted by Crippen LogP contribution is -2.31. The summed E-state index contributed by atoms with van der Waals surface area (Å²) < 4.78 is 39.8. The number of benzene rings is 1. The molecule has 0 fully saturated rings. The van der Waals surface area contributed by atoms with Gasteiger partial charge in [0.05, 0.1) is 10.0 Å². The quantitative estimate of drug-likeness (QED) is 0.801. The second-order valence-electron chi connectivity index (χ2n) is 5.42. The van der Waals surface area contributed by atoms with Gasteiger partial charge in [0, 0.05) is 25.9 Å². The molecule has 0 bridgehead atoms. The van der Waals surface area contributed by atoms with E-state index in [2.05, 4.69) is 21.2 Å². The Kier molecular flexibility index (Phi) is 5.69. The summed E-state index contributed by atoms with van der Waals surface area (Å²) >= 11 is 3.05. The fourth-order valence-electron chi connectivity index (χ4n) is 2.16. The third kappa shape index (κ3) is 4.93. The van der Waals surface area contributed by atoms with Crippen LogP contribution in [0.15, 0.2) is 45.9 Å². The number of rotatable bonds is 4. The predicted molar refractivity (Wildman–Crippen MR) is 89.2 cm³/mol. The molecule has 5 nitrogen and oxygen atoms in total. The van der Waals surface area contributed by atoms with Crippen molar-refractivity contribution in [3.05, 3.63) is 62.5 Å². The molecule has 1 atom stereocenters. The maximum atomic E-state index is 12.7. The fraction of sp³-hybridized carbons (Fsp3) is 0.250. The number of hydrogen-bond donors (Lipinski definition) is 2. The van der Waals surface area contributed by atoms with E-state index < -0.39 is 29.2 Å². The van der Waals surface area contributed by atoms with E-state index in [0.717, 1.165) is 12.1 Å². The number of carbonyl (C=O) groups excluding carboxylic acids is 1. The van der Waals surface area contributed by atoms with Crippen LogP contribution in [0.2, 0.25) is 0 Å². The third-order valence-corrected chi connectivity index (χ3v) is 3.92. The summed E-state index contributed by atoms with van der Waals surface area (Å²) in [6.07, 6.45) is -3.57. The van der Waals surface area contributed by atoms with Gasteiger partial charge in [0.25, 0.3) is 5.91 Å². The van der Waals surface area contributed by atoms with E-state index in [9.17, 15) is 27.9 Å². The second kappa shape index (κ2) is 7.40. The van der Waals surface area contributed by atoms with Gasteiger partial charge in [0.15, 0.2) is 0 Å². The van der Waals surface area contributed by atoms with Crippen molar-refractivity contribution in [2.24, 2.45) is 7.05 Å². The lowest BCUT2D eigenvalue weighted by molar-refractivity contribution is -0.137. The Morgan fingerprint density at radius 3 is 2.68 bits per heavy atom. The van der Waals surface area contributed by atoms with Gasteiger partial charge in [0.1, 0.15) is 11.8 Å². The van der Waals surface area contributed by atoms with E-state index in [1.54, 1.807) is 7.05 Å². The number of alkyl halides is 3. The van der Waals surface area contributed by atoms with Crippen molar-refractivity contribution in [3.63, 3.8) is 0 Å². The number of anilines is 1. The SMILES string of the molecule is Cn1cc(Br)c(=O)c(NC(=O)C(O)Cc2cccc(C(F)(F)F)c2)c1. The first-order chi connectivity index (χ1) is 11.6. The van der Waals surface area contributed by atoms with Crippen molar-refractivity contribution in [1.29, 1.82) is 0 Å². The molecule has 2 rings (SSSR count). The first-order valence-corrected chi connectivity index (χ1v) is 7.88. The standard InChI is InChI=1S/C16H14BrF3N2O3/c1-22-7-11(17)14(24)12(8-22)21-15(25)13(23)6-9-3-2-4-10(5-9)16(18,19)20/h2-5,7-8,13,23H,6H2,1H3,(H,21,25). The summed E-state index contributed by atoms with van der Waals surface area (Å²) in [5.41, 5.74) is -1.24. The molecule has 0 spiro atoms. The highest BCUT2D eigenvalue weighted by atomic mass is 79.9. The Bertz CT molecular complexity index is 849. The Morgan fingerprint density at radius 1 is 1.36 bits per heavy atom. The van der Waals surface area contributed by atoms with Crippen LogP contribution >= 0.6 is 15.9 Å². The number of aliphatic hydroxyl groups excluding tert-OH is 1. The number of aliphatic hydroxyl groups is 1. The van der Waals surface area contributed by atoms with Crippen LogP contribution in [0.3, 0.4) is 0 Å². The van der Waals surface area contributed by atoms with Gasteiger partial charge in [0.2, 0.25) is 5.43 Å². The van der Waals surface area contributed by atoms with E-state index in [1.165, 1.54) is 29.1 Å². The van der Waals surface area contributed by atoms with Crippen LogP contribution < -0.4 is 10.7 Å². The van der Waals surface area contributed by atoms with Gasteiger partial charge in [-0.05, 0) is 27.6 Å². The van der Waals surface area contributed by atoms with Gasteiger partial charge in [-0.25, -0.2) is 0 Å². The summed E-state index contributed by atoms with van der Waals surface area (Å²) in [6, 6.07) is 4.35. The van der Waals surface area contributed by atoms with Gasteiger partial charge in [-0.2, -0.15) is 13.2 Å². The molecule has 0 radical (unpaired) electrons. The Labute approximate surface area is 149 Å². The zero-order valence-corrected chi connectivity index (χ0v) is 14.6. The highest BCUT2D eigenvalue weighted by molar-refractivity contribution is 9.10. The Morgan fingerprint density at radius 2 is 2.04 bits per heavy atom. The minimum Gasteiger partial charge on any atom is -0.383 e. The first kappa shape index (κ1) is 19.2.